The molecule has 1 aliphatic carbocycles. The van der Waals surface area contributed by atoms with Crippen molar-refractivity contribution in [1.82, 2.24) is 15.3 Å². The van der Waals surface area contributed by atoms with E-state index >= 15 is 0 Å². The molecule has 1 saturated carbocycles. The Hall–Kier alpha value is -2.47. The molecule has 2 N–H and O–H groups in total. The molecule has 3 rings (SSSR count). The van der Waals surface area contributed by atoms with Crippen LogP contribution in [0.15, 0.2) is 42.9 Å². The fourth-order valence-corrected chi connectivity index (χ4v) is 2.79. The van der Waals surface area contributed by atoms with E-state index in [0.717, 1.165) is 5.56 Å². The van der Waals surface area contributed by atoms with Gasteiger partial charge in [0.2, 0.25) is 5.88 Å². The van der Waals surface area contributed by atoms with Crippen LogP contribution in [-0.2, 0) is 0 Å². The predicted molar refractivity (Wildman–Crippen MR) is 84.0 cm³/mol. The summed E-state index contributed by atoms with van der Waals surface area (Å²) < 4.78 is 5.07. The van der Waals surface area contributed by atoms with Gasteiger partial charge in [-0.3, -0.25) is 9.78 Å². The molecular weight excluding hydrogens is 294 g/mol. The van der Waals surface area contributed by atoms with Crippen molar-refractivity contribution in [3.8, 4) is 5.88 Å². The van der Waals surface area contributed by atoms with E-state index in [4.69, 9.17) is 4.74 Å². The molecule has 2 aromatic heterocycles. The Balaban J connectivity index is 1.79. The number of rotatable bonds is 5. The minimum Gasteiger partial charge on any atom is -0.481 e. The summed E-state index contributed by atoms with van der Waals surface area (Å²) in [4.78, 5) is 20.6. The van der Waals surface area contributed by atoms with E-state index in [2.05, 4.69) is 15.3 Å². The standard InChI is InChI=1S/C17H19N3O3/c1-23-15-5-4-11(10-19-15)16(13-7-14(21)8-13)20-17(22)12-3-2-6-18-9-12/h2-6,9-10,13-14,16,21H,7-8H2,1H3,(H,20,22). The number of hydrogen-bond donors (Lipinski definition) is 2. The number of amides is 1. The zero-order valence-corrected chi connectivity index (χ0v) is 12.8. The highest BCUT2D eigenvalue weighted by atomic mass is 16.5. The highest BCUT2D eigenvalue weighted by molar-refractivity contribution is 5.94. The van der Waals surface area contributed by atoms with Gasteiger partial charge in [-0.25, -0.2) is 4.98 Å². The average molecular weight is 313 g/mol. The Morgan fingerprint density at radius 3 is 2.74 bits per heavy atom. The van der Waals surface area contributed by atoms with Crippen LogP contribution < -0.4 is 10.1 Å². The van der Waals surface area contributed by atoms with E-state index in [-0.39, 0.29) is 24.0 Å². The molecule has 0 saturated heterocycles. The van der Waals surface area contributed by atoms with E-state index in [0.29, 0.717) is 24.3 Å². The van der Waals surface area contributed by atoms with Crippen LogP contribution in [0.25, 0.3) is 0 Å². The van der Waals surface area contributed by atoms with Gasteiger partial charge in [-0.05, 0) is 36.5 Å². The van der Waals surface area contributed by atoms with Gasteiger partial charge in [0.1, 0.15) is 0 Å². The summed E-state index contributed by atoms with van der Waals surface area (Å²) in [5.74, 6) is 0.542. The lowest BCUT2D eigenvalue weighted by Gasteiger charge is -2.38. The molecule has 1 fully saturated rings. The topological polar surface area (TPSA) is 84.3 Å². The summed E-state index contributed by atoms with van der Waals surface area (Å²) in [5, 5.41) is 12.6. The summed E-state index contributed by atoms with van der Waals surface area (Å²) in [6.07, 6.45) is 5.92. The normalized spacial score (nSPS) is 21.1. The van der Waals surface area contributed by atoms with Gasteiger partial charge in [-0.2, -0.15) is 0 Å². The van der Waals surface area contributed by atoms with Crippen molar-refractivity contribution >= 4 is 5.91 Å². The fraction of sp³-hybridized carbons (Fsp3) is 0.353. The summed E-state index contributed by atoms with van der Waals surface area (Å²) in [6.45, 7) is 0. The molecule has 0 aliphatic heterocycles. The molecule has 6 heteroatoms. The molecule has 1 amide bonds. The number of carbonyl (C=O) groups excluding carboxylic acids is 1. The first-order valence-electron chi connectivity index (χ1n) is 7.56. The lowest BCUT2D eigenvalue weighted by atomic mass is 9.75. The third-order valence-corrected chi connectivity index (χ3v) is 4.16. The van der Waals surface area contributed by atoms with E-state index in [9.17, 15) is 9.90 Å². The van der Waals surface area contributed by atoms with Gasteiger partial charge in [-0.1, -0.05) is 6.07 Å². The van der Waals surface area contributed by atoms with Gasteiger partial charge < -0.3 is 15.2 Å². The summed E-state index contributed by atoms with van der Waals surface area (Å²) in [7, 11) is 1.56. The number of ether oxygens (including phenoxy) is 1. The maximum absolute atomic E-state index is 12.4. The second-order valence-electron chi connectivity index (χ2n) is 5.71. The molecule has 0 aromatic carbocycles. The van der Waals surface area contributed by atoms with Crippen molar-refractivity contribution in [1.29, 1.82) is 0 Å². The van der Waals surface area contributed by atoms with Crippen LogP contribution in [0, 0.1) is 5.92 Å². The number of methoxy groups -OCH3 is 1. The largest absolute Gasteiger partial charge is 0.481 e. The molecule has 1 unspecified atom stereocenters. The van der Waals surface area contributed by atoms with Crippen LogP contribution in [0.3, 0.4) is 0 Å². The van der Waals surface area contributed by atoms with E-state index in [1.807, 2.05) is 6.07 Å². The number of nitrogens with zero attached hydrogens (tertiary/aromatic N) is 2. The summed E-state index contributed by atoms with van der Waals surface area (Å²) in [5.41, 5.74) is 1.42. The molecule has 2 heterocycles. The lowest BCUT2D eigenvalue weighted by molar-refractivity contribution is 0.0234. The predicted octanol–water partition coefficient (Wildman–Crippen LogP) is 1.73. The van der Waals surface area contributed by atoms with Crippen LogP contribution in [0.5, 0.6) is 5.88 Å². The Labute approximate surface area is 134 Å². The quantitative estimate of drug-likeness (QED) is 0.878. The van der Waals surface area contributed by atoms with Crippen LogP contribution in [-0.4, -0.2) is 34.2 Å². The second-order valence-corrected chi connectivity index (χ2v) is 5.71. The van der Waals surface area contributed by atoms with Gasteiger partial charge in [-0.15, -0.1) is 0 Å². The minimum atomic E-state index is -0.288. The number of aliphatic hydroxyl groups is 1. The third kappa shape index (κ3) is 3.48. The van der Waals surface area contributed by atoms with Gasteiger partial charge in [0.15, 0.2) is 0 Å². The second kappa shape index (κ2) is 6.75. The Morgan fingerprint density at radius 2 is 2.17 bits per heavy atom. The first-order chi connectivity index (χ1) is 11.2. The molecule has 1 aliphatic rings. The molecule has 23 heavy (non-hydrogen) atoms. The Kier molecular flexibility index (Phi) is 4.52. The molecule has 0 spiro atoms. The SMILES string of the molecule is COc1ccc(C(NC(=O)c2cccnc2)C2CC(O)C2)cn1. The molecule has 0 bridgehead atoms. The number of aromatic nitrogens is 2. The minimum absolute atomic E-state index is 0.180. The number of pyridine rings is 2. The highest BCUT2D eigenvalue weighted by Gasteiger charge is 2.36. The smallest absolute Gasteiger partial charge is 0.253 e. The first-order valence-corrected chi connectivity index (χ1v) is 7.56. The van der Waals surface area contributed by atoms with Crippen molar-refractivity contribution in [3.05, 3.63) is 54.0 Å². The van der Waals surface area contributed by atoms with Gasteiger partial charge in [0.05, 0.1) is 24.8 Å². The number of nitrogens with one attached hydrogen (secondary N) is 1. The van der Waals surface area contributed by atoms with Crippen molar-refractivity contribution in [2.45, 2.75) is 25.0 Å². The lowest BCUT2D eigenvalue weighted by Crippen LogP contribution is -2.41. The van der Waals surface area contributed by atoms with Crippen LogP contribution in [0.1, 0.15) is 34.8 Å². The van der Waals surface area contributed by atoms with Gasteiger partial charge in [0.25, 0.3) is 5.91 Å². The zero-order chi connectivity index (χ0) is 16.2. The molecule has 120 valence electrons. The average Bonchev–Trinajstić information content (AvgIpc) is 2.58. The monoisotopic (exact) mass is 313 g/mol. The highest BCUT2D eigenvalue weighted by Crippen LogP contribution is 2.38. The van der Waals surface area contributed by atoms with E-state index in [1.54, 1.807) is 37.7 Å². The molecule has 6 nitrogen and oxygen atoms in total. The molecular formula is C17H19N3O3. The molecule has 2 aromatic rings. The van der Waals surface area contributed by atoms with Crippen LogP contribution in [0.4, 0.5) is 0 Å². The molecule has 0 radical (unpaired) electrons. The van der Waals surface area contributed by atoms with Crippen molar-refractivity contribution < 1.29 is 14.6 Å². The third-order valence-electron chi connectivity index (χ3n) is 4.16. The fourth-order valence-electron chi connectivity index (χ4n) is 2.79. The summed E-state index contributed by atoms with van der Waals surface area (Å²) in [6, 6.07) is 6.93. The number of aliphatic hydroxyl groups excluding tert-OH is 1. The van der Waals surface area contributed by atoms with Gasteiger partial charge in [0, 0.05) is 24.7 Å². The number of hydrogen-bond acceptors (Lipinski definition) is 5. The zero-order valence-electron chi connectivity index (χ0n) is 12.8. The van der Waals surface area contributed by atoms with Crippen LogP contribution >= 0.6 is 0 Å². The maximum atomic E-state index is 12.4. The van der Waals surface area contributed by atoms with E-state index < -0.39 is 0 Å². The van der Waals surface area contributed by atoms with Crippen molar-refractivity contribution in [2.24, 2.45) is 5.92 Å². The molecule has 1 atom stereocenters. The van der Waals surface area contributed by atoms with Crippen molar-refractivity contribution in [3.63, 3.8) is 0 Å². The van der Waals surface area contributed by atoms with E-state index in [1.165, 1.54) is 6.20 Å². The Morgan fingerprint density at radius 1 is 1.35 bits per heavy atom. The van der Waals surface area contributed by atoms with Crippen LogP contribution in [0.2, 0.25) is 0 Å². The summed E-state index contributed by atoms with van der Waals surface area (Å²) >= 11 is 0. The number of carbonyl (C=O) groups is 1. The Bertz CT molecular complexity index is 655. The maximum Gasteiger partial charge on any atom is 0.253 e. The van der Waals surface area contributed by atoms with Crippen molar-refractivity contribution in [2.75, 3.05) is 7.11 Å². The first kappa shape index (κ1) is 15.4. The van der Waals surface area contributed by atoms with Gasteiger partial charge >= 0.3 is 0 Å².